The number of amides is 3. The molecule has 1 heterocycles. The van der Waals surface area contributed by atoms with Crippen molar-refractivity contribution in [3.05, 3.63) is 63.9 Å². The summed E-state index contributed by atoms with van der Waals surface area (Å²) in [5.41, 5.74) is -0.313. The number of methoxy groups -OCH3 is 1. The second-order valence-electron chi connectivity index (χ2n) is 5.91. The molecule has 1 atom stereocenters. The lowest BCUT2D eigenvalue weighted by Gasteiger charge is -2.22. The molecule has 1 unspecified atom stereocenters. The highest BCUT2D eigenvalue weighted by molar-refractivity contribution is 9.10. The van der Waals surface area contributed by atoms with Gasteiger partial charge in [0.15, 0.2) is 0 Å². The molecule has 130 valence electrons. The number of rotatable bonds is 4. The van der Waals surface area contributed by atoms with Gasteiger partial charge in [0.05, 0.1) is 13.7 Å². The van der Waals surface area contributed by atoms with Crippen LogP contribution in [0.5, 0.6) is 5.75 Å². The fraction of sp³-hybridized carbons (Fsp3) is 0.222. The number of imide groups is 1. The largest absolute Gasteiger partial charge is 0.497 e. The Labute approximate surface area is 152 Å². The van der Waals surface area contributed by atoms with Gasteiger partial charge in [-0.3, -0.25) is 9.69 Å². The average molecular weight is 407 g/mol. The van der Waals surface area contributed by atoms with Crippen LogP contribution < -0.4 is 10.1 Å². The zero-order valence-electron chi connectivity index (χ0n) is 13.7. The minimum absolute atomic E-state index is 0.137. The van der Waals surface area contributed by atoms with E-state index in [-0.39, 0.29) is 12.1 Å². The van der Waals surface area contributed by atoms with E-state index in [4.69, 9.17) is 4.74 Å². The summed E-state index contributed by atoms with van der Waals surface area (Å²) in [6.07, 6.45) is 0. The lowest BCUT2D eigenvalue weighted by atomic mass is 9.92. The van der Waals surface area contributed by atoms with Gasteiger partial charge in [-0.25, -0.2) is 9.18 Å². The van der Waals surface area contributed by atoms with Crippen molar-refractivity contribution in [3.63, 3.8) is 0 Å². The Morgan fingerprint density at radius 1 is 1.20 bits per heavy atom. The van der Waals surface area contributed by atoms with Crippen molar-refractivity contribution in [2.24, 2.45) is 0 Å². The number of carbonyl (C=O) groups is 2. The van der Waals surface area contributed by atoms with Crippen LogP contribution in [0.3, 0.4) is 0 Å². The van der Waals surface area contributed by atoms with Crippen LogP contribution in [0.15, 0.2) is 46.9 Å². The van der Waals surface area contributed by atoms with E-state index in [1.807, 2.05) is 0 Å². The van der Waals surface area contributed by atoms with Gasteiger partial charge >= 0.3 is 6.03 Å². The highest BCUT2D eigenvalue weighted by Crippen LogP contribution is 2.31. The second-order valence-corrected chi connectivity index (χ2v) is 6.83. The molecule has 3 amide bonds. The molecule has 7 heteroatoms. The molecule has 0 bridgehead atoms. The Hall–Kier alpha value is -2.41. The maximum Gasteiger partial charge on any atom is 0.325 e. The topological polar surface area (TPSA) is 58.6 Å². The molecule has 2 aromatic carbocycles. The van der Waals surface area contributed by atoms with E-state index in [1.54, 1.807) is 50.4 Å². The third kappa shape index (κ3) is 3.11. The lowest BCUT2D eigenvalue weighted by Crippen LogP contribution is -2.40. The monoisotopic (exact) mass is 406 g/mol. The summed E-state index contributed by atoms with van der Waals surface area (Å²) in [6, 6.07) is 10.7. The number of benzene rings is 2. The summed E-state index contributed by atoms with van der Waals surface area (Å²) >= 11 is 3.27. The van der Waals surface area contributed by atoms with E-state index in [1.165, 1.54) is 6.07 Å². The summed E-state index contributed by atoms with van der Waals surface area (Å²) in [4.78, 5) is 26.2. The molecular weight excluding hydrogens is 391 g/mol. The van der Waals surface area contributed by atoms with E-state index >= 15 is 0 Å². The fourth-order valence-electron chi connectivity index (χ4n) is 2.80. The Morgan fingerprint density at radius 3 is 2.52 bits per heavy atom. The van der Waals surface area contributed by atoms with Crippen molar-refractivity contribution in [1.82, 2.24) is 10.2 Å². The summed E-state index contributed by atoms with van der Waals surface area (Å²) in [7, 11) is 1.55. The molecule has 0 aromatic heterocycles. The molecule has 0 spiro atoms. The van der Waals surface area contributed by atoms with Crippen LogP contribution >= 0.6 is 15.9 Å². The first-order valence-electron chi connectivity index (χ1n) is 7.57. The number of halogens is 2. The van der Waals surface area contributed by atoms with Crippen molar-refractivity contribution < 1.29 is 18.7 Å². The lowest BCUT2D eigenvalue weighted by molar-refractivity contribution is -0.131. The predicted octanol–water partition coefficient (Wildman–Crippen LogP) is 3.56. The van der Waals surface area contributed by atoms with Gasteiger partial charge in [-0.1, -0.05) is 28.1 Å². The summed E-state index contributed by atoms with van der Waals surface area (Å²) in [6.45, 7) is 1.49. The molecule has 1 aliphatic heterocycles. The standard InChI is InChI=1S/C18H16BrFN2O3/c1-18(12-3-6-14(25-2)7-4-12)16(23)22(17(24)21-18)10-11-9-13(19)5-8-15(11)20/h3-9H,10H2,1-2H3,(H,21,24). The Bertz CT molecular complexity index is 841. The van der Waals surface area contributed by atoms with E-state index in [2.05, 4.69) is 21.2 Å². The van der Waals surface area contributed by atoms with Crippen LogP contribution in [0, 0.1) is 5.82 Å². The van der Waals surface area contributed by atoms with Gasteiger partial charge in [0, 0.05) is 10.0 Å². The highest BCUT2D eigenvalue weighted by Gasteiger charge is 2.49. The van der Waals surface area contributed by atoms with Crippen molar-refractivity contribution in [2.45, 2.75) is 19.0 Å². The molecule has 0 saturated carbocycles. The predicted molar refractivity (Wildman–Crippen MR) is 93.5 cm³/mol. The van der Waals surface area contributed by atoms with Gasteiger partial charge in [-0.05, 0) is 42.8 Å². The second kappa shape index (κ2) is 6.48. The molecule has 1 aliphatic rings. The van der Waals surface area contributed by atoms with Crippen LogP contribution in [0.1, 0.15) is 18.1 Å². The molecule has 25 heavy (non-hydrogen) atoms. The van der Waals surface area contributed by atoms with Gasteiger partial charge in [-0.15, -0.1) is 0 Å². The van der Waals surface area contributed by atoms with E-state index in [0.717, 1.165) is 4.90 Å². The average Bonchev–Trinajstić information content (AvgIpc) is 2.82. The van der Waals surface area contributed by atoms with E-state index in [9.17, 15) is 14.0 Å². The van der Waals surface area contributed by atoms with E-state index < -0.39 is 23.3 Å². The van der Waals surface area contributed by atoms with Crippen LogP contribution in [-0.4, -0.2) is 23.9 Å². The van der Waals surface area contributed by atoms with Crippen LogP contribution in [0.4, 0.5) is 9.18 Å². The first kappa shape index (κ1) is 17.4. The summed E-state index contributed by atoms with van der Waals surface area (Å²) < 4.78 is 19.8. The minimum Gasteiger partial charge on any atom is -0.497 e. The first-order valence-corrected chi connectivity index (χ1v) is 8.37. The number of nitrogens with zero attached hydrogens (tertiary/aromatic N) is 1. The quantitative estimate of drug-likeness (QED) is 0.789. The molecule has 0 aliphatic carbocycles. The van der Waals surface area contributed by atoms with Gasteiger partial charge in [0.25, 0.3) is 5.91 Å². The Morgan fingerprint density at radius 2 is 1.88 bits per heavy atom. The maximum absolute atomic E-state index is 14.0. The number of ether oxygens (including phenoxy) is 1. The molecule has 1 saturated heterocycles. The van der Waals surface area contributed by atoms with Crippen molar-refractivity contribution in [2.75, 3.05) is 7.11 Å². The van der Waals surface area contributed by atoms with Gasteiger partial charge in [-0.2, -0.15) is 0 Å². The number of nitrogens with one attached hydrogen (secondary N) is 1. The summed E-state index contributed by atoms with van der Waals surface area (Å²) in [5, 5.41) is 2.70. The third-order valence-corrected chi connectivity index (χ3v) is 4.77. The van der Waals surface area contributed by atoms with E-state index in [0.29, 0.717) is 15.8 Å². The van der Waals surface area contributed by atoms with Crippen molar-refractivity contribution >= 4 is 27.9 Å². The molecule has 2 aromatic rings. The minimum atomic E-state index is -1.20. The number of carbonyl (C=O) groups excluding carboxylic acids is 2. The number of hydrogen-bond acceptors (Lipinski definition) is 3. The van der Waals surface area contributed by atoms with Crippen molar-refractivity contribution in [3.8, 4) is 5.75 Å². The van der Waals surface area contributed by atoms with Gasteiger partial charge in [0.2, 0.25) is 0 Å². The first-order chi connectivity index (χ1) is 11.8. The molecule has 5 nitrogen and oxygen atoms in total. The Balaban J connectivity index is 1.89. The third-order valence-electron chi connectivity index (χ3n) is 4.28. The molecular formula is C18H16BrFN2O3. The molecule has 0 radical (unpaired) electrons. The fourth-order valence-corrected chi connectivity index (χ4v) is 3.20. The van der Waals surface area contributed by atoms with Crippen LogP contribution in [0.2, 0.25) is 0 Å². The smallest absolute Gasteiger partial charge is 0.325 e. The van der Waals surface area contributed by atoms with Crippen molar-refractivity contribution in [1.29, 1.82) is 0 Å². The number of urea groups is 1. The SMILES string of the molecule is COc1ccc(C2(C)NC(=O)N(Cc3cc(Br)ccc3F)C2=O)cc1. The Kier molecular flexibility index (Phi) is 4.51. The maximum atomic E-state index is 14.0. The highest BCUT2D eigenvalue weighted by atomic mass is 79.9. The van der Waals surface area contributed by atoms with Gasteiger partial charge < -0.3 is 10.1 Å². The zero-order chi connectivity index (χ0) is 18.2. The molecule has 3 rings (SSSR count). The summed E-state index contributed by atoms with van der Waals surface area (Å²) in [5.74, 6) is -0.249. The normalized spacial score (nSPS) is 19.9. The molecule has 1 N–H and O–H groups in total. The molecule has 1 fully saturated rings. The number of hydrogen-bond donors (Lipinski definition) is 1. The zero-order valence-corrected chi connectivity index (χ0v) is 15.3. The van der Waals surface area contributed by atoms with Crippen LogP contribution in [0.25, 0.3) is 0 Å². The van der Waals surface area contributed by atoms with Crippen LogP contribution in [-0.2, 0) is 16.9 Å². The van der Waals surface area contributed by atoms with Gasteiger partial charge in [0.1, 0.15) is 17.1 Å².